The van der Waals surface area contributed by atoms with Gasteiger partial charge in [0.1, 0.15) is 5.75 Å². The number of nitrogens with zero attached hydrogens (tertiary/aromatic N) is 3. The predicted molar refractivity (Wildman–Crippen MR) is 120 cm³/mol. The highest BCUT2D eigenvalue weighted by Gasteiger charge is 2.21. The van der Waals surface area contributed by atoms with E-state index in [1.165, 1.54) is 6.20 Å². The number of aromatic nitrogens is 3. The molecule has 2 aromatic heterocycles. The van der Waals surface area contributed by atoms with Gasteiger partial charge in [-0.15, -0.1) is 0 Å². The number of hydrogen-bond acceptors (Lipinski definition) is 6. The molecule has 0 bridgehead atoms. The third-order valence-electron chi connectivity index (χ3n) is 5.42. The number of methoxy groups -OCH3 is 1. The van der Waals surface area contributed by atoms with Crippen LogP contribution in [0.15, 0.2) is 71.0 Å². The van der Waals surface area contributed by atoms with Crippen molar-refractivity contribution in [3.8, 4) is 5.75 Å². The molecule has 7 nitrogen and oxygen atoms in total. The molecule has 0 spiro atoms. The molecular weight excluding hydrogens is 426 g/mol. The number of fused-ring (bicyclic) bond motifs is 1. The quantitative estimate of drug-likeness (QED) is 0.396. The number of Topliss-reactive ketones (excluding diaryl/α,β-unsaturated/α-hetero) is 1. The van der Waals surface area contributed by atoms with Crippen LogP contribution in [0.3, 0.4) is 0 Å². The summed E-state index contributed by atoms with van der Waals surface area (Å²) in [7, 11) is -2.10. The van der Waals surface area contributed by atoms with Crippen LogP contribution in [0.1, 0.15) is 33.5 Å². The number of carbonyl (C=O) groups is 1. The van der Waals surface area contributed by atoms with E-state index in [0.29, 0.717) is 35.5 Å². The summed E-state index contributed by atoms with van der Waals surface area (Å²) >= 11 is 0. The van der Waals surface area contributed by atoms with Crippen LogP contribution in [-0.2, 0) is 16.3 Å². The summed E-state index contributed by atoms with van der Waals surface area (Å²) in [5, 5.41) is 0. The summed E-state index contributed by atoms with van der Waals surface area (Å²) in [5.74, 6) is 1.17. The van der Waals surface area contributed by atoms with Crippen molar-refractivity contribution < 1.29 is 17.9 Å². The van der Waals surface area contributed by atoms with E-state index >= 15 is 0 Å². The summed E-state index contributed by atoms with van der Waals surface area (Å²) in [6.07, 6.45) is 7.41. The molecular formula is C24H23N3O4S. The molecule has 0 unspecified atom stereocenters. The van der Waals surface area contributed by atoms with Gasteiger partial charge < -0.3 is 4.74 Å². The number of hydrogen-bond donors (Lipinski definition) is 0. The van der Waals surface area contributed by atoms with Crippen molar-refractivity contribution in [1.82, 2.24) is 14.4 Å². The van der Waals surface area contributed by atoms with Crippen molar-refractivity contribution >= 4 is 21.4 Å². The Morgan fingerprint density at radius 2 is 1.81 bits per heavy atom. The number of aryl methyl sites for hydroxylation is 3. The van der Waals surface area contributed by atoms with E-state index in [1.54, 1.807) is 73.4 Å². The summed E-state index contributed by atoms with van der Waals surface area (Å²) in [6.45, 7) is 3.57. The molecule has 0 atom stereocenters. The zero-order valence-electron chi connectivity index (χ0n) is 18.1. The topological polar surface area (TPSA) is 90.6 Å². The van der Waals surface area contributed by atoms with E-state index in [-0.39, 0.29) is 15.6 Å². The highest BCUT2D eigenvalue weighted by atomic mass is 32.2. The number of imidazole rings is 1. The van der Waals surface area contributed by atoms with Gasteiger partial charge in [0.2, 0.25) is 15.6 Å². The van der Waals surface area contributed by atoms with Crippen LogP contribution >= 0.6 is 0 Å². The number of benzene rings is 2. The van der Waals surface area contributed by atoms with Crippen LogP contribution in [0.25, 0.3) is 5.78 Å². The minimum atomic E-state index is -3.66. The maximum absolute atomic E-state index is 13.1. The van der Waals surface area contributed by atoms with E-state index in [0.717, 1.165) is 11.1 Å². The van der Waals surface area contributed by atoms with Gasteiger partial charge in [0, 0.05) is 31.2 Å². The van der Waals surface area contributed by atoms with E-state index in [4.69, 9.17) is 4.74 Å². The van der Waals surface area contributed by atoms with Gasteiger partial charge in [0.05, 0.1) is 22.5 Å². The SMILES string of the molecule is COc1cc(C)c(S(=O)(=O)c2ccc(CCC(=O)c3cnc4nccn4c3)cc2)cc1C. The average Bonchev–Trinajstić information content (AvgIpc) is 3.26. The first-order valence-electron chi connectivity index (χ1n) is 10.1. The fourth-order valence-electron chi connectivity index (χ4n) is 3.60. The summed E-state index contributed by atoms with van der Waals surface area (Å²) in [6, 6.07) is 10.1. The first-order valence-corrected chi connectivity index (χ1v) is 11.6. The first kappa shape index (κ1) is 21.7. The molecule has 2 aromatic carbocycles. The normalized spacial score (nSPS) is 11.6. The molecule has 0 saturated carbocycles. The molecule has 0 saturated heterocycles. The van der Waals surface area contributed by atoms with Gasteiger partial charge in [-0.05, 0) is 61.2 Å². The van der Waals surface area contributed by atoms with Gasteiger partial charge in [-0.1, -0.05) is 12.1 Å². The summed E-state index contributed by atoms with van der Waals surface area (Å²) < 4.78 is 33.3. The Morgan fingerprint density at radius 3 is 2.53 bits per heavy atom. The van der Waals surface area contributed by atoms with Gasteiger partial charge in [-0.3, -0.25) is 9.20 Å². The molecule has 0 aliphatic rings. The van der Waals surface area contributed by atoms with Crippen LogP contribution in [-0.4, -0.2) is 35.7 Å². The smallest absolute Gasteiger partial charge is 0.233 e. The van der Waals surface area contributed by atoms with Gasteiger partial charge in [-0.25, -0.2) is 18.4 Å². The number of carbonyl (C=O) groups excluding carboxylic acids is 1. The molecule has 164 valence electrons. The molecule has 0 aliphatic carbocycles. The Morgan fingerprint density at radius 1 is 1.06 bits per heavy atom. The standard InChI is InChI=1S/C24H23N3O4S/c1-16-13-23(17(2)12-22(16)31-3)32(29,30)20-7-4-18(5-8-20)6-9-21(28)19-14-26-24-25-10-11-27(24)15-19/h4-5,7-8,10-15H,6,9H2,1-3H3. The van der Waals surface area contributed by atoms with Crippen molar-refractivity contribution in [3.63, 3.8) is 0 Å². The fraction of sp³-hybridized carbons (Fsp3) is 0.208. The first-order chi connectivity index (χ1) is 15.3. The maximum atomic E-state index is 13.1. The number of ether oxygens (including phenoxy) is 1. The second-order valence-corrected chi connectivity index (χ2v) is 9.55. The van der Waals surface area contributed by atoms with Gasteiger partial charge in [0.15, 0.2) is 5.78 Å². The van der Waals surface area contributed by atoms with Gasteiger partial charge in [0.25, 0.3) is 0 Å². The Bertz CT molecular complexity index is 1410. The van der Waals surface area contributed by atoms with Crippen molar-refractivity contribution in [1.29, 1.82) is 0 Å². The number of rotatable bonds is 7. The van der Waals surface area contributed by atoms with Crippen molar-refractivity contribution in [2.24, 2.45) is 0 Å². The lowest BCUT2D eigenvalue weighted by atomic mass is 10.0. The Labute approximate surface area is 186 Å². The van der Waals surface area contributed by atoms with Crippen molar-refractivity contribution in [2.45, 2.75) is 36.5 Å². The highest BCUT2D eigenvalue weighted by molar-refractivity contribution is 7.91. The molecule has 2 heterocycles. The zero-order valence-corrected chi connectivity index (χ0v) is 18.9. The van der Waals surface area contributed by atoms with Crippen molar-refractivity contribution in [2.75, 3.05) is 7.11 Å². The second kappa shape index (κ2) is 8.55. The van der Waals surface area contributed by atoms with E-state index in [9.17, 15) is 13.2 Å². The summed E-state index contributed by atoms with van der Waals surface area (Å²) in [5.41, 5.74) is 2.79. The minimum Gasteiger partial charge on any atom is -0.496 e. The highest BCUT2D eigenvalue weighted by Crippen LogP contribution is 2.30. The Hall–Kier alpha value is -3.52. The van der Waals surface area contributed by atoms with E-state index in [1.807, 2.05) is 6.92 Å². The lowest BCUT2D eigenvalue weighted by Gasteiger charge is -2.12. The predicted octanol–water partition coefficient (Wildman–Crippen LogP) is 4.00. The molecule has 0 aliphatic heterocycles. The fourth-order valence-corrected chi connectivity index (χ4v) is 5.16. The van der Waals surface area contributed by atoms with Crippen LogP contribution in [0, 0.1) is 13.8 Å². The Kier molecular flexibility index (Phi) is 5.80. The minimum absolute atomic E-state index is 0.0332. The summed E-state index contributed by atoms with van der Waals surface area (Å²) in [4.78, 5) is 21.3. The van der Waals surface area contributed by atoms with Crippen LogP contribution in [0.5, 0.6) is 5.75 Å². The average molecular weight is 450 g/mol. The zero-order chi connectivity index (χ0) is 22.9. The molecule has 0 radical (unpaired) electrons. The molecule has 4 rings (SSSR count). The molecule has 0 N–H and O–H groups in total. The van der Waals surface area contributed by atoms with Gasteiger partial charge >= 0.3 is 0 Å². The molecule has 32 heavy (non-hydrogen) atoms. The second-order valence-electron chi connectivity index (χ2n) is 7.64. The van der Waals surface area contributed by atoms with E-state index < -0.39 is 9.84 Å². The largest absolute Gasteiger partial charge is 0.496 e. The van der Waals surface area contributed by atoms with Crippen molar-refractivity contribution in [3.05, 3.63) is 83.4 Å². The molecule has 0 amide bonds. The lowest BCUT2D eigenvalue weighted by molar-refractivity contribution is 0.0982. The third-order valence-corrected chi connectivity index (χ3v) is 7.34. The molecule has 8 heteroatoms. The van der Waals surface area contributed by atoms with Crippen LogP contribution in [0.4, 0.5) is 0 Å². The third kappa shape index (κ3) is 4.13. The van der Waals surface area contributed by atoms with Gasteiger partial charge in [-0.2, -0.15) is 0 Å². The number of sulfone groups is 1. The Balaban J connectivity index is 1.49. The van der Waals surface area contributed by atoms with Crippen LogP contribution in [0.2, 0.25) is 0 Å². The number of ketones is 1. The lowest BCUT2D eigenvalue weighted by Crippen LogP contribution is -2.06. The molecule has 4 aromatic rings. The molecule has 0 fully saturated rings. The van der Waals surface area contributed by atoms with Crippen LogP contribution < -0.4 is 4.74 Å². The monoisotopic (exact) mass is 449 g/mol. The maximum Gasteiger partial charge on any atom is 0.233 e. The van der Waals surface area contributed by atoms with E-state index in [2.05, 4.69) is 9.97 Å².